The molecule has 0 saturated carbocycles. The van der Waals surface area contributed by atoms with Crippen molar-refractivity contribution in [3.63, 3.8) is 0 Å². The zero-order valence-electron chi connectivity index (χ0n) is 8.64. The Bertz CT molecular complexity index is 574. The van der Waals surface area contributed by atoms with Gasteiger partial charge in [-0.25, -0.2) is 4.39 Å². The van der Waals surface area contributed by atoms with Gasteiger partial charge in [-0.05, 0) is 28.9 Å². The standard InChI is InChI=1S/C11H8BrClFNO/c1-5-10(12)11(13)6-3-7(14)9(16-2)4-8(6)15-5/h3-4H,1-2H3. The zero-order valence-corrected chi connectivity index (χ0v) is 11.0. The number of aryl methyl sites for hydroxylation is 1. The smallest absolute Gasteiger partial charge is 0.165 e. The van der Waals surface area contributed by atoms with Crippen LogP contribution in [0.4, 0.5) is 4.39 Å². The normalized spacial score (nSPS) is 10.8. The highest BCUT2D eigenvalue weighted by Gasteiger charge is 2.12. The second-order valence-electron chi connectivity index (χ2n) is 3.33. The molecule has 2 aromatic rings. The maximum Gasteiger partial charge on any atom is 0.165 e. The molecule has 2 rings (SSSR count). The van der Waals surface area contributed by atoms with Gasteiger partial charge in [-0.1, -0.05) is 11.6 Å². The molecule has 0 spiro atoms. The summed E-state index contributed by atoms with van der Waals surface area (Å²) in [5.41, 5.74) is 1.37. The lowest BCUT2D eigenvalue weighted by atomic mass is 10.2. The van der Waals surface area contributed by atoms with Crippen molar-refractivity contribution < 1.29 is 9.13 Å². The number of methoxy groups -OCH3 is 1. The Morgan fingerprint density at radius 3 is 2.75 bits per heavy atom. The third-order valence-corrected chi connectivity index (χ3v) is 3.90. The van der Waals surface area contributed by atoms with Gasteiger partial charge in [0.05, 0.1) is 27.8 Å². The van der Waals surface area contributed by atoms with E-state index >= 15 is 0 Å². The second kappa shape index (κ2) is 4.18. The monoisotopic (exact) mass is 303 g/mol. The minimum Gasteiger partial charge on any atom is -0.494 e. The maximum absolute atomic E-state index is 13.5. The molecule has 2 nitrogen and oxygen atoms in total. The van der Waals surface area contributed by atoms with Crippen LogP contribution in [-0.2, 0) is 0 Å². The Kier molecular flexibility index (Phi) is 3.04. The predicted molar refractivity (Wildman–Crippen MR) is 65.7 cm³/mol. The quantitative estimate of drug-likeness (QED) is 0.791. The Hall–Kier alpha value is -0.870. The first-order valence-corrected chi connectivity index (χ1v) is 5.70. The van der Waals surface area contributed by atoms with Gasteiger partial charge in [0, 0.05) is 11.5 Å². The molecule has 0 atom stereocenters. The van der Waals surface area contributed by atoms with Crippen molar-refractivity contribution in [1.82, 2.24) is 4.98 Å². The molecule has 0 aliphatic heterocycles. The highest BCUT2D eigenvalue weighted by atomic mass is 79.9. The van der Waals surface area contributed by atoms with Gasteiger partial charge in [-0.2, -0.15) is 0 Å². The van der Waals surface area contributed by atoms with E-state index in [2.05, 4.69) is 20.9 Å². The number of aromatic nitrogens is 1. The molecule has 0 aliphatic rings. The largest absolute Gasteiger partial charge is 0.494 e. The molecule has 84 valence electrons. The van der Waals surface area contributed by atoms with E-state index in [9.17, 15) is 4.39 Å². The maximum atomic E-state index is 13.5. The molecule has 0 saturated heterocycles. The van der Waals surface area contributed by atoms with Crippen LogP contribution in [0, 0.1) is 12.7 Å². The summed E-state index contributed by atoms with van der Waals surface area (Å²) in [4.78, 5) is 4.31. The molecule has 5 heteroatoms. The van der Waals surface area contributed by atoms with Crippen molar-refractivity contribution in [2.24, 2.45) is 0 Å². The predicted octanol–water partition coefficient (Wildman–Crippen LogP) is 4.11. The summed E-state index contributed by atoms with van der Waals surface area (Å²) < 4.78 is 19.1. The fourth-order valence-corrected chi connectivity index (χ4v) is 2.06. The van der Waals surface area contributed by atoms with Gasteiger partial charge >= 0.3 is 0 Å². The first kappa shape index (κ1) is 11.6. The summed E-state index contributed by atoms with van der Waals surface area (Å²) in [6.45, 7) is 1.82. The highest BCUT2D eigenvalue weighted by molar-refractivity contribution is 9.10. The lowest BCUT2D eigenvalue weighted by Gasteiger charge is -2.08. The number of fused-ring (bicyclic) bond motifs is 1. The van der Waals surface area contributed by atoms with Crippen LogP contribution in [0.1, 0.15) is 5.69 Å². The average molecular weight is 305 g/mol. The molecular formula is C11H8BrClFNO. The molecule has 1 aromatic carbocycles. The summed E-state index contributed by atoms with van der Waals surface area (Å²) in [6, 6.07) is 2.86. The second-order valence-corrected chi connectivity index (χ2v) is 4.50. The molecule has 0 aliphatic carbocycles. The van der Waals surface area contributed by atoms with E-state index in [0.717, 1.165) is 5.69 Å². The van der Waals surface area contributed by atoms with Crippen LogP contribution in [0.25, 0.3) is 10.9 Å². The van der Waals surface area contributed by atoms with Crippen molar-refractivity contribution in [3.8, 4) is 5.75 Å². The summed E-state index contributed by atoms with van der Waals surface area (Å²) in [7, 11) is 1.41. The summed E-state index contributed by atoms with van der Waals surface area (Å²) in [5.74, 6) is -0.285. The third kappa shape index (κ3) is 1.76. The van der Waals surface area contributed by atoms with Gasteiger partial charge in [-0.15, -0.1) is 0 Å². The SMILES string of the molecule is COc1cc2nc(C)c(Br)c(Cl)c2cc1F. The molecule has 0 bridgehead atoms. The number of nitrogens with zero attached hydrogens (tertiary/aromatic N) is 1. The van der Waals surface area contributed by atoms with Gasteiger partial charge in [0.25, 0.3) is 0 Å². The van der Waals surface area contributed by atoms with E-state index in [-0.39, 0.29) is 5.75 Å². The number of pyridine rings is 1. The molecule has 1 heterocycles. The molecule has 1 aromatic heterocycles. The van der Waals surface area contributed by atoms with Crippen LogP contribution < -0.4 is 4.74 Å². The van der Waals surface area contributed by atoms with Crippen molar-refractivity contribution in [2.75, 3.05) is 7.11 Å². The third-order valence-electron chi connectivity index (χ3n) is 2.31. The number of benzene rings is 1. The Morgan fingerprint density at radius 1 is 1.44 bits per heavy atom. The van der Waals surface area contributed by atoms with Crippen molar-refractivity contribution >= 4 is 38.4 Å². The van der Waals surface area contributed by atoms with E-state index in [4.69, 9.17) is 16.3 Å². The van der Waals surface area contributed by atoms with Gasteiger partial charge in [0.15, 0.2) is 11.6 Å². The van der Waals surface area contributed by atoms with E-state index in [0.29, 0.717) is 20.4 Å². The summed E-state index contributed by atoms with van der Waals surface area (Å²) in [6.07, 6.45) is 0. The van der Waals surface area contributed by atoms with Crippen LogP contribution in [0.2, 0.25) is 5.02 Å². The summed E-state index contributed by atoms with van der Waals surface area (Å²) in [5, 5.41) is 1.03. The minimum atomic E-state index is -0.450. The molecule has 0 amide bonds. The fraction of sp³-hybridized carbons (Fsp3) is 0.182. The molecule has 0 unspecified atom stereocenters. The first-order chi connectivity index (χ1) is 7.54. The lowest BCUT2D eigenvalue weighted by Crippen LogP contribution is -1.92. The Labute approximate surface area is 106 Å². The van der Waals surface area contributed by atoms with Gasteiger partial charge in [0.2, 0.25) is 0 Å². The zero-order chi connectivity index (χ0) is 11.9. The van der Waals surface area contributed by atoms with E-state index < -0.39 is 5.82 Å². The molecule has 0 N–H and O–H groups in total. The molecular weight excluding hydrogens is 296 g/mol. The van der Waals surface area contributed by atoms with E-state index in [1.165, 1.54) is 19.2 Å². The number of ether oxygens (including phenoxy) is 1. The van der Waals surface area contributed by atoms with Crippen molar-refractivity contribution in [1.29, 1.82) is 0 Å². The van der Waals surface area contributed by atoms with E-state index in [1.807, 2.05) is 6.92 Å². The van der Waals surface area contributed by atoms with Crippen LogP contribution in [-0.4, -0.2) is 12.1 Å². The van der Waals surface area contributed by atoms with Crippen LogP contribution >= 0.6 is 27.5 Å². The first-order valence-electron chi connectivity index (χ1n) is 4.53. The molecule has 0 radical (unpaired) electrons. The van der Waals surface area contributed by atoms with E-state index in [1.54, 1.807) is 0 Å². The Balaban J connectivity index is 2.86. The van der Waals surface area contributed by atoms with Crippen molar-refractivity contribution in [2.45, 2.75) is 6.92 Å². The molecule has 0 fully saturated rings. The number of halogens is 3. The van der Waals surface area contributed by atoms with Gasteiger partial charge < -0.3 is 4.74 Å². The average Bonchev–Trinajstić information content (AvgIpc) is 2.27. The molecule has 16 heavy (non-hydrogen) atoms. The van der Waals surface area contributed by atoms with Crippen molar-refractivity contribution in [3.05, 3.63) is 33.1 Å². The highest BCUT2D eigenvalue weighted by Crippen LogP contribution is 2.34. The number of rotatable bonds is 1. The van der Waals surface area contributed by atoms with Gasteiger partial charge in [-0.3, -0.25) is 4.98 Å². The number of hydrogen-bond donors (Lipinski definition) is 0. The van der Waals surface area contributed by atoms with Crippen LogP contribution in [0.15, 0.2) is 16.6 Å². The van der Waals surface area contributed by atoms with Gasteiger partial charge in [0.1, 0.15) is 0 Å². The van der Waals surface area contributed by atoms with Crippen LogP contribution in [0.5, 0.6) is 5.75 Å². The lowest BCUT2D eigenvalue weighted by molar-refractivity contribution is 0.387. The number of hydrogen-bond acceptors (Lipinski definition) is 2. The fourth-order valence-electron chi connectivity index (χ4n) is 1.47. The van der Waals surface area contributed by atoms with Crippen LogP contribution in [0.3, 0.4) is 0 Å². The minimum absolute atomic E-state index is 0.165. The topological polar surface area (TPSA) is 22.1 Å². The Morgan fingerprint density at radius 2 is 2.12 bits per heavy atom. The summed E-state index contributed by atoms with van der Waals surface area (Å²) >= 11 is 9.42.